The van der Waals surface area contributed by atoms with E-state index in [1.54, 1.807) is 0 Å². The number of hydrogen-bond donors (Lipinski definition) is 0. The van der Waals surface area contributed by atoms with Crippen LogP contribution in [0.25, 0.3) is 0 Å². The van der Waals surface area contributed by atoms with E-state index in [4.69, 9.17) is 11.6 Å². The van der Waals surface area contributed by atoms with E-state index >= 15 is 0 Å². The van der Waals surface area contributed by atoms with Gasteiger partial charge in [0.2, 0.25) is 10.0 Å². The smallest absolute Gasteiger partial charge is 0.207 e. The molecule has 0 saturated carbocycles. The Morgan fingerprint density at radius 1 is 1.11 bits per heavy atom. The third-order valence-corrected chi connectivity index (χ3v) is 7.10. The zero-order valence-corrected chi connectivity index (χ0v) is 16.0. The number of benzene rings is 1. The predicted octanol–water partition coefficient (Wildman–Crippen LogP) is 4.66. The summed E-state index contributed by atoms with van der Waals surface area (Å²) in [5.41, 5.74) is -0.672. The molecule has 2 unspecified atom stereocenters. The minimum Gasteiger partial charge on any atom is -0.207 e. The highest BCUT2D eigenvalue weighted by molar-refractivity contribution is 7.89. The van der Waals surface area contributed by atoms with Crippen molar-refractivity contribution in [3.05, 3.63) is 53.6 Å². The van der Waals surface area contributed by atoms with Crippen LogP contribution in [0.4, 0.5) is 22.0 Å². The van der Waals surface area contributed by atoms with Crippen LogP contribution in [-0.2, 0) is 10.0 Å². The number of halogens is 6. The van der Waals surface area contributed by atoms with Gasteiger partial charge in [-0.25, -0.2) is 17.2 Å². The maximum Gasteiger partial charge on any atom is 0.413 e. The molecule has 1 heterocycles. The summed E-state index contributed by atoms with van der Waals surface area (Å²) in [6.45, 7) is -0.629. The zero-order valence-electron chi connectivity index (χ0n) is 14.4. The highest BCUT2D eigenvalue weighted by Gasteiger charge is 2.43. The van der Waals surface area contributed by atoms with Crippen molar-refractivity contribution >= 4 is 21.6 Å². The average molecular weight is 441 g/mol. The minimum absolute atomic E-state index is 0.164. The molecule has 3 rings (SSSR count). The summed E-state index contributed by atoms with van der Waals surface area (Å²) in [6.07, 6.45) is -1.24. The second-order valence-electron chi connectivity index (χ2n) is 6.68. The zero-order chi connectivity index (χ0) is 20.7. The standard InChI is InChI=1S/C18H16ClF5NO2S/c19-15-3-1-2-14(18(22,23)24)16(15)12-4-6-13(7-5-12)28(26,27)25-10-8-17(20,21)9-11-25/h2-7,15-16H,8-11H2. The molecule has 2 atom stereocenters. The first-order valence-electron chi connectivity index (χ1n) is 8.40. The van der Waals surface area contributed by atoms with Crippen LogP contribution < -0.4 is 0 Å². The van der Waals surface area contributed by atoms with Gasteiger partial charge in [-0.05, 0) is 29.8 Å². The lowest BCUT2D eigenvalue weighted by Crippen LogP contribution is -2.42. The van der Waals surface area contributed by atoms with Gasteiger partial charge >= 0.3 is 6.18 Å². The molecule has 2 aliphatic rings. The summed E-state index contributed by atoms with van der Waals surface area (Å²) < 4.78 is 92.6. The first kappa shape index (κ1) is 21.3. The van der Waals surface area contributed by atoms with Gasteiger partial charge in [0.15, 0.2) is 0 Å². The lowest BCUT2D eigenvalue weighted by molar-refractivity contribution is -0.0959. The van der Waals surface area contributed by atoms with Gasteiger partial charge in [0.25, 0.3) is 5.92 Å². The normalized spacial score (nSPS) is 26.1. The molecule has 0 amide bonds. The maximum absolute atomic E-state index is 13.3. The van der Waals surface area contributed by atoms with Crippen molar-refractivity contribution in [1.29, 1.82) is 0 Å². The number of rotatable bonds is 3. The van der Waals surface area contributed by atoms with Crippen molar-refractivity contribution in [1.82, 2.24) is 4.31 Å². The highest BCUT2D eigenvalue weighted by atomic mass is 35.5. The van der Waals surface area contributed by atoms with Gasteiger partial charge in [0.1, 0.15) is 0 Å². The third-order valence-electron chi connectivity index (χ3n) is 4.81. The molecular weight excluding hydrogens is 425 g/mol. The average Bonchev–Trinajstić information content (AvgIpc) is 2.60. The molecule has 1 fully saturated rings. The van der Waals surface area contributed by atoms with E-state index in [1.807, 2.05) is 0 Å². The Labute approximate surface area is 164 Å². The van der Waals surface area contributed by atoms with Crippen LogP contribution >= 0.6 is 11.6 Å². The summed E-state index contributed by atoms with van der Waals surface area (Å²) in [5.74, 6) is -4.09. The number of sulfonamides is 1. The topological polar surface area (TPSA) is 37.4 Å². The van der Waals surface area contributed by atoms with Gasteiger partial charge in [-0.3, -0.25) is 0 Å². The van der Waals surface area contributed by atoms with Gasteiger partial charge < -0.3 is 0 Å². The van der Waals surface area contributed by atoms with Crippen LogP contribution in [0.1, 0.15) is 24.3 Å². The largest absolute Gasteiger partial charge is 0.413 e. The lowest BCUT2D eigenvalue weighted by atomic mass is 9.84. The Hall–Kier alpha value is -1.45. The Kier molecular flexibility index (Phi) is 5.64. The van der Waals surface area contributed by atoms with Crippen LogP contribution in [0.5, 0.6) is 0 Å². The van der Waals surface area contributed by atoms with E-state index in [1.165, 1.54) is 30.3 Å². The van der Waals surface area contributed by atoms with E-state index in [0.29, 0.717) is 0 Å². The molecule has 1 aliphatic heterocycles. The number of hydrogen-bond acceptors (Lipinski definition) is 2. The Balaban J connectivity index is 1.85. The summed E-state index contributed by atoms with van der Waals surface area (Å²) in [4.78, 5) is -0.164. The fourth-order valence-corrected chi connectivity index (χ4v) is 5.05. The van der Waals surface area contributed by atoms with Gasteiger partial charge in [0, 0.05) is 37.4 Å². The van der Waals surface area contributed by atoms with Crippen molar-refractivity contribution < 1.29 is 30.4 Å². The van der Waals surface area contributed by atoms with Gasteiger partial charge in [-0.2, -0.15) is 17.5 Å². The Bertz CT molecular complexity index is 884. The third kappa shape index (κ3) is 4.26. The number of piperidine rings is 1. The van der Waals surface area contributed by atoms with Crippen LogP contribution in [-0.4, -0.2) is 43.3 Å². The summed E-state index contributed by atoms with van der Waals surface area (Å²) in [7, 11) is -4.01. The lowest BCUT2D eigenvalue weighted by Gasteiger charge is -2.31. The van der Waals surface area contributed by atoms with E-state index in [-0.39, 0.29) is 23.5 Å². The van der Waals surface area contributed by atoms with Crippen molar-refractivity contribution in [2.75, 3.05) is 13.1 Å². The van der Waals surface area contributed by atoms with Crippen molar-refractivity contribution in [3.8, 4) is 0 Å². The first-order valence-corrected chi connectivity index (χ1v) is 10.3. The number of allylic oxidation sites excluding steroid dienone is 4. The second-order valence-corrected chi connectivity index (χ2v) is 9.12. The summed E-state index contributed by atoms with van der Waals surface area (Å²) in [6, 6.07) is 4.89. The first-order chi connectivity index (χ1) is 12.9. The van der Waals surface area contributed by atoms with E-state index in [2.05, 4.69) is 6.08 Å². The minimum atomic E-state index is -4.61. The number of alkyl halides is 6. The fraction of sp³-hybridized carbons (Fsp3) is 0.444. The molecule has 1 aromatic rings. The Morgan fingerprint density at radius 2 is 1.68 bits per heavy atom. The molecule has 0 bridgehead atoms. The molecule has 153 valence electrons. The van der Waals surface area contributed by atoms with Crippen LogP contribution in [0.2, 0.25) is 0 Å². The second kappa shape index (κ2) is 7.42. The molecule has 1 radical (unpaired) electrons. The van der Waals surface area contributed by atoms with Crippen LogP contribution in [0, 0.1) is 6.08 Å². The summed E-state index contributed by atoms with van der Waals surface area (Å²) in [5, 5.41) is -0.992. The van der Waals surface area contributed by atoms with Gasteiger partial charge in [-0.1, -0.05) is 18.2 Å². The molecular formula is C18H16ClF5NO2S. The van der Waals surface area contributed by atoms with E-state index in [9.17, 15) is 30.4 Å². The van der Waals surface area contributed by atoms with Gasteiger partial charge in [0.05, 0.1) is 10.3 Å². The monoisotopic (exact) mass is 440 g/mol. The molecule has 1 aromatic carbocycles. The molecule has 1 aliphatic carbocycles. The van der Waals surface area contributed by atoms with Crippen molar-refractivity contribution in [2.24, 2.45) is 0 Å². The van der Waals surface area contributed by atoms with E-state index in [0.717, 1.165) is 10.4 Å². The fourth-order valence-electron chi connectivity index (χ4n) is 3.26. The quantitative estimate of drug-likeness (QED) is 0.506. The molecule has 1 saturated heterocycles. The Morgan fingerprint density at radius 3 is 2.21 bits per heavy atom. The molecule has 10 heteroatoms. The van der Waals surface area contributed by atoms with Gasteiger partial charge in [-0.15, -0.1) is 11.6 Å². The van der Waals surface area contributed by atoms with Crippen LogP contribution in [0.3, 0.4) is 0 Å². The predicted molar refractivity (Wildman–Crippen MR) is 93.7 cm³/mol. The molecule has 0 N–H and O–H groups in total. The molecule has 28 heavy (non-hydrogen) atoms. The molecule has 0 spiro atoms. The highest BCUT2D eigenvalue weighted by Crippen LogP contribution is 2.43. The molecule has 3 nitrogen and oxygen atoms in total. The number of nitrogens with zero attached hydrogens (tertiary/aromatic N) is 1. The molecule has 0 aromatic heterocycles. The SMILES string of the molecule is O=S(=O)(c1ccc(C2C(C(F)(F)F)=C[C]=CC2Cl)cc1)N1CCC(F)(F)CC1. The van der Waals surface area contributed by atoms with Crippen LogP contribution in [0.15, 0.2) is 46.9 Å². The van der Waals surface area contributed by atoms with Crippen molar-refractivity contribution in [3.63, 3.8) is 0 Å². The van der Waals surface area contributed by atoms with E-state index < -0.39 is 51.8 Å². The summed E-state index contributed by atoms with van der Waals surface area (Å²) >= 11 is 6.04. The maximum atomic E-state index is 13.3. The van der Waals surface area contributed by atoms with Crippen molar-refractivity contribution in [2.45, 2.75) is 41.1 Å².